The van der Waals surface area contributed by atoms with Crippen LogP contribution in [-0.2, 0) is 4.79 Å². The molecule has 246 valence electrons. The maximum absolute atomic E-state index is 14.0. The van der Waals surface area contributed by atoms with E-state index in [2.05, 4.69) is 25.8 Å². The number of halogens is 8. The molecule has 2 aliphatic carbocycles. The van der Waals surface area contributed by atoms with Gasteiger partial charge in [-0.1, -0.05) is 0 Å². The Balaban J connectivity index is 1.41. The van der Waals surface area contributed by atoms with Crippen LogP contribution in [0.2, 0.25) is 0 Å². The molecule has 0 radical (unpaired) electrons. The number of carbonyl (C=O) groups is 2. The first kappa shape index (κ1) is 32.6. The lowest BCUT2D eigenvalue weighted by atomic mass is 9.81. The lowest BCUT2D eigenvalue weighted by Crippen LogP contribution is -2.39. The Morgan fingerprint density at radius 2 is 1.67 bits per heavy atom. The lowest BCUT2D eigenvalue weighted by Gasteiger charge is -2.33. The van der Waals surface area contributed by atoms with E-state index in [0.717, 1.165) is 32.0 Å². The highest BCUT2D eigenvalue weighted by molar-refractivity contribution is 5.92. The van der Waals surface area contributed by atoms with Crippen molar-refractivity contribution in [3.8, 4) is 0 Å². The Morgan fingerprint density at radius 3 is 2.29 bits per heavy atom. The fraction of sp³-hybridized carbons (Fsp3) is 0.607. The molecule has 45 heavy (non-hydrogen) atoms. The summed E-state index contributed by atoms with van der Waals surface area (Å²) >= 11 is 0. The van der Waals surface area contributed by atoms with Crippen LogP contribution in [0, 0.1) is 11.8 Å². The zero-order valence-corrected chi connectivity index (χ0v) is 24.0. The normalized spacial score (nSPS) is 19.7. The number of hydrogen-bond donors (Lipinski definition) is 2. The molecule has 17 heteroatoms. The number of hydrogen-bond acceptors (Lipinski definition) is 5. The summed E-state index contributed by atoms with van der Waals surface area (Å²) in [6, 6.07) is -0.953. The highest BCUT2D eigenvalue weighted by atomic mass is 19.4. The van der Waals surface area contributed by atoms with Crippen LogP contribution in [0.3, 0.4) is 0 Å². The number of carbonyl (C=O) groups excluding carboxylic acids is 2. The van der Waals surface area contributed by atoms with E-state index in [4.69, 9.17) is 0 Å². The van der Waals surface area contributed by atoms with Gasteiger partial charge in [-0.25, -0.2) is 23.0 Å². The lowest BCUT2D eigenvalue weighted by molar-refractivity contribution is -0.165. The van der Waals surface area contributed by atoms with Crippen molar-refractivity contribution in [1.29, 1.82) is 0 Å². The van der Waals surface area contributed by atoms with Crippen LogP contribution in [0.15, 0.2) is 30.7 Å². The van der Waals surface area contributed by atoms with Crippen molar-refractivity contribution in [2.24, 2.45) is 11.8 Å². The van der Waals surface area contributed by atoms with Crippen LogP contribution >= 0.6 is 0 Å². The molecule has 3 atom stereocenters. The number of amides is 2. The summed E-state index contributed by atoms with van der Waals surface area (Å²) < 4.78 is 108. The number of rotatable bonds is 10. The molecule has 0 spiro atoms. The highest BCUT2D eigenvalue weighted by Crippen LogP contribution is 2.43. The van der Waals surface area contributed by atoms with Crippen molar-refractivity contribution in [3.63, 3.8) is 0 Å². The molecule has 2 aliphatic rings. The second-order valence-electron chi connectivity index (χ2n) is 11.8. The Kier molecular flexibility index (Phi) is 8.83. The summed E-state index contributed by atoms with van der Waals surface area (Å²) in [6.45, 7) is 0.851. The SMILES string of the molecule is C[C@@H](n1nccc1C(=O)N[C@H](c1cn2ncc([C@H](NC(=O)CCC(F)(F)F)C3CC3)cc2n1)C1CCC(F)(F)CC1)C(F)(F)F. The molecule has 0 bridgehead atoms. The van der Waals surface area contributed by atoms with E-state index in [-0.39, 0.29) is 35.8 Å². The molecule has 3 heterocycles. The van der Waals surface area contributed by atoms with E-state index >= 15 is 0 Å². The van der Waals surface area contributed by atoms with Gasteiger partial charge < -0.3 is 10.6 Å². The van der Waals surface area contributed by atoms with Gasteiger partial charge in [-0.2, -0.15) is 36.5 Å². The van der Waals surface area contributed by atoms with Crippen LogP contribution < -0.4 is 10.6 Å². The topological polar surface area (TPSA) is 106 Å². The van der Waals surface area contributed by atoms with Crippen molar-refractivity contribution in [3.05, 3.63) is 47.7 Å². The maximum atomic E-state index is 14.0. The minimum Gasteiger partial charge on any atom is -0.349 e. The molecule has 0 aliphatic heterocycles. The van der Waals surface area contributed by atoms with Crippen molar-refractivity contribution in [2.45, 2.75) is 94.7 Å². The summed E-state index contributed by atoms with van der Waals surface area (Å²) in [5, 5.41) is 13.3. The average Bonchev–Trinajstić information content (AvgIpc) is 3.51. The summed E-state index contributed by atoms with van der Waals surface area (Å²) in [7, 11) is 0. The van der Waals surface area contributed by atoms with Gasteiger partial charge in [0.1, 0.15) is 11.7 Å². The third kappa shape index (κ3) is 7.90. The van der Waals surface area contributed by atoms with Crippen molar-refractivity contribution < 1.29 is 44.7 Å². The predicted octanol–water partition coefficient (Wildman–Crippen LogP) is 6.26. The first-order valence-electron chi connectivity index (χ1n) is 14.5. The van der Waals surface area contributed by atoms with Crippen LogP contribution in [0.1, 0.15) is 98.2 Å². The predicted molar refractivity (Wildman–Crippen MR) is 142 cm³/mol. The monoisotopic (exact) mass is 649 g/mol. The Bertz CT molecular complexity index is 1520. The summed E-state index contributed by atoms with van der Waals surface area (Å²) in [6.07, 6.45) is -6.54. The van der Waals surface area contributed by atoms with Gasteiger partial charge in [0.05, 0.1) is 36.6 Å². The number of nitrogens with one attached hydrogen (secondary N) is 2. The van der Waals surface area contributed by atoms with E-state index in [9.17, 15) is 44.7 Å². The van der Waals surface area contributed by atoms with Crippen molar-refractivity contribution in [2.75, 3.05) is 0 Å². The minimum atomic E-state index is -4.68. The quantitative estimate of drug-likeness (QED) is 0.253. The van der Waals surface area contributed by atoms with Gasteiger partial charge in [0.2, 0.25) is 11.8 Å². The van der Waals surface area contributed by atoms with Crippen LogP contribution in [0.5, 0.6) is 0 Å². The maximum Gasteiger partial charge on any atom is 0.410 e. The number of fused-ring (bicyclic) bond motifs is 1. The number of aromatic nitrogens is 5. The summed E-state index contributed by atoms with van der Waals surface area (Å²) in [5.41, 5.74) is 0.623. The third-order valence-corrected chi connectivity index (χ3v) is 8.35. The number of alkyl halides is 8. The minimum absolute atomic E-state index is 0.00148. The molecule has 2 fully saturated rings. The highest BCUT2D eigenvalue weighted by Gasteiger charge is 2.42. The largest absolute Gasteiger partial charge is 0.410 e. The van der Waals surface area contributed by atoms with E-state index in [1.807, 2.05) is 0 Å². The molecule has 5 rings (SSSR count). The van der Waals surface area contributed by atoms with Gasteiger partial charge in [0.15, 0.2) is 5.65 Å². The zero-order valence-electron chi connectivity index (χ0n) is 24.0. The van der Waals surface area contributed by atoms with Crippen LogP contribution in [-0.4, -0.2) is 54.5 Å². The van der Waals surface area contributed by atoms with Gasteiger partial charge in [-0.3, -0.25) is 9.59 Å². The molecule has 0 aromatic carbocycles. The summed E-state index contributed by atoms with van der Waals surface area (Å²) in [4.78, 5) is 30.2. The van der Waals surface area contributed by atoms with E-state index in [0.29, 0.717) is 10.2 Å². The first-order valence-corrected chi connectivity index (χ1v) is 14.5. The number of imidazole rings is 1. The fourth-order valence-corrected chi connectivity index (χ4v) is 5.62. The van der Waals surface area contributed by atoms with E-state index in [1.165, 1.54) is 16.9 Å². The van der Waals surface area contributed by atoms with Gasteiger partial charge >= 0.3 is 12.4 Å². The van der Waals surface area contributed by atoms with Crippen molar-refractivity contribution in [1.82, 2.24) is 35.0 Å². The second kappa shape index (κ2) is 12.2. The third-order valence-electron chi connectivity index (χ3n) is 8.35. The fourth-order valence-electron chi connectivity index (χ4n) is 5.62. The Morgan fingerprint density at radius 1 is 1.00 bits per heavy atom. The van der Waals surface area contributed by atoms with E-state index < -0.39 is 79.8 Å². The molecular weight excluding hydrogens is 618 g/mol. The molecule has 0 saturated heterocycles. The number of nitrogens with zero attached hydrogens (tertiary/aromatic N) is 5. The van der Waals surface area contributed by atoms with Gasteiger partial charge in [0, 0.05) is 25.5 Å². The molecule has 3 aromatic rings. The smallest absolute Gasteiger partial charge is 0.349 e. The average molecular weight is 650 g/mol. The van der Waals surface area contributed by atoms with E-state index in [1.54, 1.807) is 6.07 Å². The molecule has 0 unspecified atom stereocenters. The summed E-state index contributed by atoms with van der Waals surface area (Å²) in [5.74, 6) is -5.07. The van der Waals surface area contributed by atoms with Crippen LogP contribution in [0.25, 0.3) is 5.65 Å². The Hall–Kier alpha value is -3.79. The second-order valence-corrected chi connectivity index (χ2v) is 11.8. The van der Waals surface area contributed by atoms with Gasteiger partial charge in [-0.15, -0.1) is 0 Å². The molecular formula is C28H31F8N7O2. The molecule has 3 aromatic heterocycles. The van der Waals surface area contributed by atoms with Crippen molar-refractivity contribution >= 4 is 17.5 Å². The molecule has 2 amide bonds. The zero-order chi connectivity index (χ0) is 32.7. The molecule has 2 N–H and O–H groups in total. The Labute approximate surface area is 251 Å². The van der Waals surface area contributed by atoms with Gasteiger partial charge in [0.25, 0.3) is 5.91 Å². The standard InChI is InChI=1S/C28H31F8N7O2/c1-15(28(34,35)36)43-20(7-11-37-43)25(45)41-24(17-4-8-26(29,30)9-5-17)19-14-42-21(39-19)12-18(13-38-42)23(16-2-3-16)40-22(44)6-10-27(31,32)33/h7,11-17,23-24H,2-6,8-10H2,1H3,(H,40,44)(H,41,45)/t15-,23-,24+/m1/s1. The van der Waals surface area contributed by atoms with Gasteiger partial charge in [-0.05, 0) is 62.1 Å². The first-order chi connectivity index (χ1) is 21.0. The molecule has 2 saturated carbocycles. The molecule has 9 nitrogen and oxygen atoms in total. The van der Waals surface area contributed by atoms with Crippen LogP contribution in [0.4, 0.5) is 35.1 Å².